The summed E-state index contributed by atoms with van der Waals surface area (Å²) in [6.45, 7) is 3.80. The molecule has 0 radical (unpaired) electrons. The van der Waals surface area contributed by atoms with E-state index in [1.165, 1.54) is 0 Å². The zero-order valence-corrected chi connectivity index (χ0v) is 8.31. The minimum atomic E-state index is -0.984. The molecule has 0 amide bonds. The maximum absolute atomic E-state index is 10.6. The number of anilines is 1. The number of nitrogens with zero attached hydrogens (tertiary/aromatic N) is 2. The molecular formula is C9H14N4O2. The van der Waals surface area contributed by atoms with Crippen LogP contribution >= 0.6 is 0 Å². The number of piperazine rings is 1. The van der Waals surface area contributed by atoms with Gasteiger partial charge >= 0.3 is 0 Å². The molecule has 1 aliphatic heterocycles. The van der Waals surface area contributed by atoms with Gasteiger partial charge in [0, 0.05) is 32.2 Å². The van der Waals surface area contributed by atoms with Gasteiger partial charge in [-0.25, -0.2) is 5.21 Å². The summed E-state index contributed by atoms with van der Waals surface area (Å²) >= 11 is 0. The highest BCUT2D eigenvalue weighted by Gasteiger charge is 2.11. The quantitative estimate of drug-likeness (QED) is 0.540. The molecule has 1 unspecified atom stereocenters. The van der Waals surface area contributed by atoms with Crippen LogP contribution in [0.1, 0.15) is 0 Å². The second-order valence-electron chi connectivity index (χ2n) is 3.44. The number of hydrogen-bond acceptors (Lipinski definition) is 5. The molecule has 0 saturated carbocycles. The summed E-state index contributed by atoms with van der Waals surface area (Å²) in [7, 11) is 0. The zero-order valence-electron chi connectivity index (χ0n) is 8.31. The van der Waals surface area contributed by atoms with E-state index >= 15 is 0 Å². The molecule has 2 heterocycles. The predicted molar refractivity (Wildman–Crippen MR) is 55.1 cm³/mol. The molecule has 82 valence electrons. The van der Waals surface area contributed by atoms with Gasteiger partial charge in [-0.2, -0.15) is 10.2 Å². The maximum Gasteiger partial charge on any atom is 0.258 e. The summed E-state index contributed by atoms with van der Waals surface area (Å²) < 4.78 is 0. The minimum absolute atomic E-state index is 0.0916. The Bertz CT molecular complexity index is 308. The first-order chi connectivity index (χ1) is 7.27. The van der Waals surface area contributed by atoms with Crippen molar-refractivity contribution in [1.82, 2.24) is 10.3 Å². The third-order valence-electron chi connectivity index (χ3n) is 2.45. The molecule has 6 nitrogen and oxygen atoms in total. The van der Waals surface area contributed by atoms with E-state index in [1.807, 2.05) is 6.07 Å². The van der Waals surface area contributed by atoms with E-state index in [9.17, 15) is 5.21 Å². The van der Waals surface area contributed by atoms with Gasteiger partial charge in [-0.05, 0) is 6.07 Å². The average Bonchev–Trinajstić information content (AvgIpc) is 2.30. The van der Waals surface area contributed by atoms with E-state index in [2.05, 4.69) is 15.2 Å². The lowest BCUT2D eigenvalue weighted by molar-refractivity contribution is -0.993. The van der Waals surface area contributed by atoms with Crippen molar-refractivity contribution in [3.05, 3.63) is 23.5 Å². The molecule has 0 spiro atoms. The Labute approximate surface area is 87.7 Å². The van der Waals surface area contributed by atoms with E-state index in [-0.39, 0.29) is 5.82 Å². The normalized spacial score (nSPS) is 18.9. The van der Waals surface area contributed by atoms with Crippen LogP contribution in [-0.2, 0) is 0 Å². The lowest BCUT2D eigenvalue weighted by Crippen LogP contribution is -2.99. The van der Waals surface area contributed by atoms with Gasteiger partial charge < -0.3 is 15.4 Å². The third-order valence-corrected chi connectivity index (χ3v) is 2.45. The van der Waals surface area contributed by atoms with Crippen LogP contribution in [0, 0.1) is 5.21 Å². The van der Waals surface area contributed by atoms with Crippen LogP contribution in [0.2, 0.25) is 0 Å². The number of rotatable bonds is 2. The number of aromatic nitrogens is 1. The average molecular weight is 210 g/mol. The molecular weight excluding hydrogens is 196 g/mol. The van der Waals surface area contributed by atoms with Gasteiger partial charge in [-0.3, -0.25) is 0 Å². The summed E-state index contributed by atoms with van der Waals surface area (Å²) in [5.74, 6) is 0.0916. The fraction of sp³-hybridized carbons (Fsp3) is 0.444. The topological polar surface area (TPSA) is 75.9 Å². The first-order valence-corrected chi connectivity index (χ1v) is 4.92. The zero-order chi connectivity index (χ0) is 10.7. The molecule has 1 aromatic rings. The molecule has 15 heavy (non-hydrogen) atoms. The fourth-order valence-electron chi connectivity index (χ4n) is 1.62. The largest absolute Gasteiger partial charge is 0.594 e. The Morgan fingerprint density at radius 1 is 1.40 bits per heavy atom. The van der Waals surface area contributed by atoms with Gasteiger partial charge in [0.2, 0.25) is 0 Å². The summed E-state index contributed by atoms with van der Waals surface area (Å²) in [6.07, 6.45) is 1.62. The number of quaternary nitrogens is 1. The van der Waals surface area contributed by atoms with Gasteiger partial charge in [0.15, 0.2) is 0 Å². The molecule has 0 aromatic carbocycles. The molecule has 2 rings (SSSR count). The molecule has 3 N–H and O–H groups in total. The molecule has 1 aromatic heterocycles. The molecule has 1 atom stereocenters. The van der Waals surface area contributed by atoms with Crippen molar-refractivity contribution in [2.45, 2.75) is 0 Å². The Morgan fingerprint density at radius 3 is 2.67 bits per heavy atom. The van der Waals surface area contributed by atoms with E-state index in [4.69, 9.17) is 5.21 Å². The van der Waals surface area contributed by atoms with Crippen LogP contribution in [-0.4, -0.2) is 36.4 Å². The standard InChI is InChI=1S/C9H14N4O2/c14-13(15)9-2-1-8(7-11-9)12-5-3-10-4-6-12/h1-2,7,10,13-14H,3-6H2. The van der Waals surface area contributed by atoms with Crippen LogP contribution in [0.25, 0.3) is 0 Å². The van der Waals surface area contributed by atoms with E-state index < -0.39 is 5.23 Å². The highest BCUT2D eigenvalue weighted by atomic mass is 16.8. The molecule has 6 heteroatoms. The van der Waals surface area contributed by atoms with Crippen molar-refractivity contribution in [1.29, 1.82) is 0 Å². The molecule has 0 aliphatic carbocycles. The highest BCUT2D eigenvalue weighted by molar-refractivity contribution is 5.46. The third kappa shape index (κ3) is 2.42. The molecule has 1 fully saturated rings. The lowest BCUT2D eigenvalue weighted by Gasteiger charge is -2.29. The van der Waals surface area contributed by atoms with Crippen molar-refractivity contribution in [2.24, 2.45) is 0 Å². The first kappa shape index (κ1) is 10.3. The molecule has 1 saturated heterocycles. The van der Waals surface area contributed by atoms with Crippen molar-refractivity contribution in [2.75, 3.05) is 31.1 Å². The number of pyridine rings is 1. The Hall–Kier alpha value is -1.21. The Kier molecular flexibility index (Phi) is 3.12. The van der Waals surface area contributed by atoms with Crippen LogP contribution < -0.4 is 15.4 Å². The molecule has 0 bridgehead atoms. The van der Waals surface area contributed by atoms with Gasteiger partial charge in [-0.15, -0.1) is 0 Å². The first-order valence-electron chi connectivity index (χ1n) is 4.92. The summed E-state index contributed by atoms with van der Waals surface area (Å²) in [5, 5.41) is 21.6. The Morgan fingerprint density at radius 2 is 2.13 bits per heavy atom. The van der Waals surface area contributed by atoms with Gasteiger partial charge in [0.25, 0.3) is 5.82 Å². The van der Waals surface area contributed by atoms with Crippen LogP contribution in [0.3, 0.4) is 0 Å². The summed E-state index contributed by atoms with van der Waals surface area (Å²) in [4.78, 5) is 6.08. The monoisotopic (exact) mass is 210 g/mol. The van der Waals surface area contributed by atoms with Crippen molar-refractivity contribution >= 4 is 11.5 Å². The Balaban J connectivity index is 2.08. The second kappa shape index (κ2) is 4.54. The van der Waals surface area contributed by atoms with Crippen molar-refractivity contribution in [3.63, 3.8) is 0 Å². The SMILES string of the molecule is [O-][NH+](O)c1ccc(N2CCNCC2)cn1. The fourth-order valence-corrected chi connectivity index (χ4v) is 1.62. The van der Waals surface area contributed by atoms with Gasteiger partial charge in [-0.1, -0.05) is 0 Å². The van der Waals surface area contributed by atoms with E-state index in [1.54, 1.807) is 12.3 Å². The minimum Gasteiger partial charge on any atom is -0.594 e. The van der Waals surface area contributed by atoms with Gasteiger partial charge in [0.1, 0.15) is 0 Å². The van der Waals surface area contributed by atoms with Crippen molar-refractivity contribution in [3.8, 4) is 0 Å². The second-order valence-corrected chi connectivity index (χ2v) is 3.44. The van der Waals surface area contributed by atoms with Gasteiger partial charge in [0.05, 0.1) is 11.9 Å². The molecule has 1 aliphatic rings. The van der Waals surface area contributed by atoms with Crippen LogP contribution in [0.5, 0.6) is 0 Å². The summed E-state index contributed by atoms with van der Waals surface area (Å²) in [5.41, 5.74) is 0.988. The lowest BCUT2D eigenvalue weighted by atomic mass is 10.3. The van der Waals surface area contributed by atoms with E-state index in [0.29, 0.717) is 0 Å². The number of nitrogens with one attached hydrogen (secondary N) is 2. The highest BCUT2D eigenvalue weighted by Crippen LogP contribution is 2.13. The summed E-state index contributed by atoms with van der Waals surface area (Å²) in [6, 6.07) is 3.35. The van der Waals surface area contributed by atoms with Crippen LogP contribution in [0.15, 0.2) is 18.3 Å². The predicted octanol–water partition coefficient (Wildman–Crippen LogP) is -1.11. The van der Waals surface area contributed by atoms with E-state index in [0.717, 1.165) is 31.9 Å². The number of hydrogen-bond donors (Lipinski definition) is 3. The van der Waals surface area contributed by atoms with Crippen molar-refractivity contribution < 1.29 is 10.4 Å². The maximum atomic E-state index is 10.6. The smallest absolute Gasteiger partial charge is 0.258 e. The van der Waals surface area contributed by atoms with Crippen LogP contribution in [0.4, 0.5) is 11.5 Å².